The first-order valence-corrected chi connectivity index (χ1v) is 8.04. The SMILES string of the molecule is CCOC(=O)C(C)(C)c1csc(NCC(C)C(C)C)n1. The Balaban J connectivity index is 2.69. The highest BCUT2D eigenvalue weighted by Gasteiger charge is 2.33. The van der Waals surface area contributed by atoms with E-state index in [1.165, 1.54) is 11.3 Å². The third-order valence-corrected chi connectivity index (χ3v) is 4.44. The van der Waals surface area contributed by atoms with E-state index in [1.807, 2.05) is 26.2 Å². The molecule has 1 rings (SSSR count). The molecule has 1 unspecified atom stereocenters. The van der Waals surface area contributed by atoms with Crippen LogP contribution in [0.2, 0.25) is 0 Å². The van der Waals surface area contributed by atoms with E-state index in [2.05, 4.69) is 31.1 Å². The molecule has 0 aliphatic rings. The second-order valence-electron chi connectivity index (χ2n) is 5.99. The molecule has 1 atom stereocenters. The number of nitrogens with one attached hydrogen (secondary N) is 1. The smallest absolute Gasteiger partial charge is 0.317 e. The van der Waals surface area contributed by atoms with Crippen LogP contribution in [0.5, 0.6) is 0 Å². The summed E-state index contributed by atoms with van der Waals surface area (Å²) in [5, 5.41) is 6.14. The summed E-state index contributed by atoms with van der Waals surface area (Å²) in [7, 11) is 0. The minimum absolute atomic E-state index is 0.229. The van der Waals surface area contributed by atoms with E-state index in [9.17, 15) is 4.79 Å². The van der Waals surface area contributed by atoms with Gasteiger partial charge in [0.15, 0.2) is 5.13 Å². The monoisotopic (exact) mass is 298 g/mol. The molecule has 0 saturated carbocycles. The fourth-order valence-corrected chi connectivity index (χ4v) is 2.43. The topological polar surface area (TPSA) is 51.2 Å². The number of aromatic nitrogens is 1. The number of thiazole rings is 1. The van der Waals surface area contributed by atoms with Crippen molar-refractivity contribution < 1.29 is 9.53 Å². The van der Waals surface area contributed by atoms with Crippen LogP contribution in [0.15, 0.2) is 5.38 Å². The van der Waals surface area contributed by atoms with Crippen LogP contribution in [-0.4, -0.2) is 24.1 Å². The zero-order valence-corrected chi connectivity index (χ0v) is 14.1. The van der Waals surface area contributed by atoms with E-state index in [4.69, 9.17) is 4.74 Å². The predicted octanol–water partition coefficient (Wildman–Crippen LogP) is 3.69. The molecule has 1 N–H and O–H groups in total. The molecule has 5 heteroatoms. The van der Waals surface area contributed by atoms with Crippen LogP contribution in [0.1, 0.15) is 47.2 Å². The summed E-state index contributed by atoms with van der Waals surface area (Å²) in [6, 6.07) is 0. The molecular formula is C15H26N2O2S. The van der Waals surface area contributed by atoms with Crippen molar-refractivity contribution in [3.8, 4) is 0 Å². The molecule has 0 bridgehead atoms. The zero-order chi connectivity index (χ0) is 15.3. The molecule has 20 heavy (non-hydrogen) atoms. The number of hydrogen-bond acceptors (Lipinski definition) is 5. The lowest BCUT2D eigenvalue weighted by molar-refractivity contribution is -0.148. The Bertz CT molecular complexity index is 441. The van der Waals surface area contributed by atoms with Crippen LogP contribution >= 0.6 is 11.3 Å². The van der Waals surface area contributed by atoms with Crippen LogP contribution in [0, 0.1) is 11.8 Å². The number of anilines is 1. The van der Waals surface area contributed by atoms with E-state index in [1.54, 1.807) is 0 Å². The molecule has 0 amide bonds. The van der Waals surface area contributed by atoms with Crippen LogP contribution < -0.4 is 5.32 Å². The van der Waals surface area contributed by atoms with Gasteiger partial charge in [-0.1, -0.05) is 20.8 Å². The van der Waals surface area contributed by atoms with Gasteiger partial charge in [-0.3, -0.25) is 4.79 Å². The van der Waals surface area contributed by atoms with Gasteiger partial charge in [0.2, 0.25) is 0 Å². The normalized spacial score (nSPS) is 13.3. The molecule has 0 fully saturated rings. The molecule has 1 aromatic heterocycles. The molecule has 0 aliphatic heterocycles. The van der Waals surface area contributed by atoms with Crippen molar-refractivity contribution in [1.29, 1.82) is 0 Å². The van der Waals surface area contributed by atoms with Crippen molar-refractivity contribution >= 4 is 22.4 Å². The van der Waals surface area contributed by atoms with Gasteiger partial charge in [-0.25, -0.2) is 4.98 Å². The van der Waals surface area contributed by atoms with E-state index in [0.717, 1.165) is 17.4 Å². The van der Waals surface area contributed by atoms with Crippen LogP contribution in [0.3, 0.4) is 0 Å². The maximum absolute atomic E-state index is 12.0. The maximum atomic E-state index is 12.0. The lowest BCUT2D eigenvalue weighted by Gasteiger charge is -2.20. The van der Waals surface area contributed by atoms with Crippen LogP contribution in [0.4, 0.5) is 5.13 Å². The predicted molar refractivity (Wildman–Crippen MR) is 84.3 cm³/mol. The summed E-state index contributed by atoms with van der Waals surface area (Å²) < 4.78 is 5.11. The number of carbonyl (C=O) groups excluding carboxylic acids is 1. The lowest BCUT2D eigenvalue weighted by atomic mass is 9.90. The van der Waals surface area contributed by atoms with Crippen molar-refractivity contribution in [1.82, 2.24) is 4.98 Å². The van der Waals surface area contributed by atoms with Crippen molar-refractivity contribution in [2.75, 3.05) is 18.5 Å². The molecular weight excluding hydrogens is 272 g/mol. The largest absolute Gasteiger partial charge is 0.465 e. The van der Waals surface area contributed by atoms with E-state index < -0.39 is 5.41 Å². The van der Waals surface area contributed by atoms with Crippen molar-refractivity contribution in [3.05, 3.63) is 11.1 Å². The molecule has 4 nitrogen and oxygen atoms in total. The Hall–Kier alpha value is -1.10. The molecule has 0 aliphatic carbocycles. The fraction of sp³-hybridized carbons (Fsp3) is 0.733. The first kappa shape index (κ1) is 17.0. The molecule has 0 spiro atoms. The third kappa shape index (κ3) is 4.20. The van der Waals surface area contributed by atoms with Gasteiger partial charge in [0.05, 0.1) is 12.3 Å². The summed E-state index contributed by atoms with van der Waals surface area (Å²) in [5.74, 6) is 0.991. The number of carbonyl (C=O) groups is 1. The first-order chi connectivity index (χ1) is 9.28. The standard InChI is InChI=1S/C15H26N2O2S/c1-7-19-13(18)15(5,6)12-9-20-14(17-12)16-8-11(4)10(2)3/h9-11H,7-8H2,1-6H3,(H,16,17). The summed E-state index contributed by atoms with van der Waals surface area (Å²) in [5.41, 5.74) is 0.0662. The number of ether oxygens (including phenoxy) is 1. The van der Waals surface area contributed by atoms with E-state index in [0.29, 0.717) is 18.4 Å². The van der Waals surface area contributed by atoms with Gasteiger partial charge in [0, 0.05) is 11.9 Å². The molecule has 1 heterocycles. The first-order valence-electron chi connectivity index (χ1n) is 7.16. The Morgan fingerprint density at radius 3 is 2.65 bits per heavy atom. The van der Waals surface area contributed by atoms with Crippen molar-refractivity contribution in [2.45, 2.75) is 47.0 Å². The quantitative estimate of drug-likeness (QED) is 0.780. The zero-order valence-electron chi connectivity index (χ0n) is 13.3. The molecule has 1 aromatic rings. The van der Waals surface area contributed by atoms with Gasteiger partial charge < -0.3 is 10.1 Å². The minimum Gasteiger partial charge on any atom is -0.465 e. The van der Waals surface area contributed by atoms with Gasteiger partial charge >= 0.3 is 5.97 Å². The molecule has 0 saturated heterocycles. The summed E-state index contributed by atoms with van der Waals surface area (Å²) >= 11 is 1.54. The number of rotatable bonds is 7. The van der Waals surface area contributed by atoms with E-state index >= 15 is 0 Å². The highest BCUT2D eigenvalue weighted by Crippen LogP contribution is 2.28. The van der Waals surface area contributed by atoms with Gasteiger partial charge in [-0.15, -0.1) is 11.3 Å². The fourth-order valence-electron chi connectivity index (χ4n) is 1.54. The summed E-state index contributed by atoms with van der Waals surface area (Å²) in [4.78, 5) is 16.5. The number of esters is 1. The Kier molecular flexibility index (Phi) is 5.99. The minimum atomic E-state index is -0.698. The maximum Gasteiger partial charge on any atom is 0.317 e. The van der Waals surface area contributed by atoms with E-state index in [-0.39, 0.29) is 5.97 Å². The van der Waals surface area contributed by atoms with Gasteiger partial charge in [-0.2, -0.15) is 0 Å². The second kappa shape index (κ2) is 7.07. The lowest BCUT2D eigenvalue weighted by Crippen LogP contribution is -2.31. The average Bonchev–Trinajstić information content (AvgIpc) is 2.85. The number of nitrogens with zero attached hydrogens (tertiary/aromatic N) is 1. The molecule has 114 valence electrons. The van der Waals surface area contributed by atoms with Crippen molar-refractivity contribution in [3.63, 3.8) is 0 Å². The highest BCUT2D eigenvalue weighted by atomic mass is 32.1. The Morgan fingerprint density at radius 2 is 2.10 bits per heavy atom. The third-order valence-electron chi connectivity index (χ3n) is 3.64. The van der Waals surface area contributed by atoms with Crippen LogP contribution in [0.25, 0.3) is 0 Å². The number of hydrogen-bond donors (Lipinski definition) is 1. The van der Waals surface area contributed by atoms with Gasteiger partial charge in [-0.05, 0) is 32.6 Å². The summed E-state index contributed by atoms with van der Waals surface area (Å²) in [6.45, 7) is 13.4. The van der Waals surface area contributed by atoms with Crippen molar-refractivity contribution in [2.24, 2.45) is 11.8 Å². The second-order valence-corrected chi connectivity index (χ2v) is 6.84. The average molecular weight is 298 g/mol. The highest BCUT2D eigenvalue weighted by molar-refractivity contribution is 7.13. The molecule has 0 radical (unpaired) electrons. The van der Waals surface area contributed by atoms with Crippen LogP contribution in [-0.2, 0) is 14.9 Å². The van der Waals surface area contributed by atoms with Gasteiger partial charge in [0.25, 0.3) is 0 Å². The Morgan fingerprint density at radius 1 is 1.45 bits per heavy atom. The Labute approximate surface area is 125 Å². The van der Waals surface area contributed by atoms with Gasteiger partial charge in [0.1, 0.15) is 5.41 Å². The summed E-state index contributed by atoms with van der Waals surface area (Å²) in [6.07, 6.45) is 0. The molecule has 0 aromatic carbocycles.